The Hall–Kier alpha value is -2.14. The fraction of sp³-hybridized carbons (Fsp3) is 0.368. The maximum Gasteiger partial charge on any atom is 0.262 e. The minimum Gasteiger partial charge on any atom is -0.345 e. The summed E-state index contributed by atoms with van der Waals surface area (Å²) >= 11 is 1.52. The van der Waals surface area contributed by atoms with Crippen molar-refractivity contribution in [3.05, 3.63) is 51.7 Å². The van der Waals surface area contributed by atoms with E-state index in [4.69, 9.17) is 0 Å². The van der Waals surface area contributed by atoms with Crippen molar-refractivity contribution >= 4 is 28.8 Å². The van der Waals surface area contributed by atoms with Crippen molar-refractivity contribution < 1.29 is 9.59 Å². The van der Waals surface area contributed by atoms with Crippen LogP contribution < -0.4 is 10.6 Å². The number of anilines is 1. The van der Waals surface area contributed by atoms with Crippen LogP contribution in [0.2, 0.25) is 0 Å². The minimum absolute atomic E-state index is 0.00256. The third-order valence-electron chi connectivity index (χ3n) is 4.28. The fourth-order valence-corrected chi connectivity index (χ4v) is 3.56. The SMILES string of the molecule is CCC(=O)Nc1ccc([C@@H](C)NC(=O)c2sccc2C2CC2)cc1. The average molecular weight is 342 g/mol. The van der Waals surface area contributed by atoms with E-state index in [1.807, 2.05) is 43.5 Å². The maximum atomic E-state index is 12.5. The molecule has 1 fully saturated rings. The van der Waals surface area contributed by atoms with Crippen LogP contribution in [-0.4, -0.2) is 11.8 Å². The molecular weight excluding hydrogens is 320 g/mol. The Balaban J connectivity index is 1.63. The van der Waals surface area contributed by atoms with Crippen molar-refractivity contribution in [1.29, 1.82) is 0 Å². The van der Waals surface area contributed by atoms with Crippen molar-refractivity contribution in [2.45, 2.75) is 45.1 Å². The van der Waals surface area contributed by atoms with E-state index in [2.05, 4.69) is 16.7 Å². The zero-order valence-electron chi connectivity index (χ0n) is 14.0. The minimum atomic E-state index is -0.0809. The molecule has 0 spiro atoms. The molecule has 1 aromatic heterocycles. The second-order valence-electron chi connectivity index (χ2n) is 6.20. The molecule has 1 aliphatic carbocycles. The number of carbonyl (C=O) groups excluding carboxylic acids is 2. The Morgan fingerprint density at radius 3 is 2.54 bits per heavy atom. The van der Waals surface area contributed by atoms with Crippen molar-refractivity contribution in [3.63, 3.8) is 0 Å². The van der Waals surface area contributed by atoms with Crippen LogP contribution in [0, 0.1) is 0 Å². The van der Waals surface area contributed by atoms with Gasteiger partial charge >= 0.3 is 0 Å². The summed E-state index contributed by atoms with van der Waals surface area (Å²) in [6, 6.07) is 9.60. The predicted molar refractivity (Wildman–Crippen MR) is 97.5 cm³/mol. The van der Waals surface area contributed by atoms with Crippen LogP contribution in [0.1, 0.15) is 65.9 Å². The van der Waals surface area contributed by atoms with Crippen molar-refractivity contribution in [2.75, 3.05) is 5.32 Å². The van der Waals surface area contributed by atoms with Gasteiger partial charge in [-0.2, -0.15) is 0 Å². The van der Waals surface area contributed by atoms with Gasteiger partial charge in [-0.05, 0) is 60.4 Å². The number of benzene rings is 1. The standard InChI is InChI=1S/C19H22N2O2S/c1-3-17(22)21-15-8-6-13(7-9-15)12(2)20-19(23)18-16(10-11-24-18)14-4-5-14/h6-12,14H,3-5H2,1-2H3,(H,20,23)(H,21,22)/t12-/m1/s1. The fourth-order valence-electron chi connectivity index (χ4n) is 2.67. The second-order valence-corrected chi connectivity index (χ2v) is 7.11. The highest BCUT2D eigenvalue weighted by atomic mass is 32.1. The lowest BCUT2D eigenvalue weighted by Crippen LogP contribution is -2.26. The molecule has 1 atom stereocenters. The van der Waals surface area contributed by atoms with Crippen LogP contribution in [0.15, 0.2) is 35.7 Å². The summed E-state index contributed by atoms with van der Waals surface area (Å²) in [5, 5.41) is 7.90. The van der Waals surface area contributed by atoms with E-state index >= 15 is 0 Å². The molecule has 24 heavy (non-hydrogen) atoms. The molecule has 4 nitrogen and oxygen atoms in total. The first-order chi connectivity index (χ1) is 11.6. The van der Waals surface area contributed by atoms with Crippen LogP contribution in [0.5, 0.6) is 0 Å². The van der Waals surface area contributed by atoms with E-state index in [0.717, 1.165) is 16.1 Å². The molecule has 0 aliphatic heterocycles. The van der Waals surface area contributed by atoms with E-state index in [9.17, 15) is 9.59 Å². The Kier molecular flexibility index (Phi) is 5.00. The first-order valence-corrected chi connectivity index (χ1v) is 9.24. The van der Waals surface area contributed by atoms with Crippen LogP contribution in [-0.2, 0) is 4.79 Å². The van der Waals surface area contributed by atoms with Gasteiger partial charge < -0.3 is 10.6 Å². The largest absolute Gasteiger partial charge is 0.345 e. The van der Waals surface area contributed by atoms with E-state index in [0.29, 0.717) is 12.3 Å². The monoisotopic (exact) mass is 342 g/mol. The summed E-state index contributed by atoms with van der Waals surface area (Å²) in [7, 11) is 0. The zero-order valence-corrected chi connectivity index (χ0v) is 14.8. The van der Waals surface area contributed by atoms with Gasteiger partial charge in [-0.3, -0.25) is 9.59 Å². The number of carbonyl (C=O) groups is 2. The summed E-state index contributed by atoms with van der Waals surface area (Å²) in [5.41, 5.74) is 2.99. The predicted octanol–water partition coefficient (Wildman–Crippen LogP) is 4.47. The van der Waals surface area contributed by atoms with Crippen LogP contribution in [0.3, 0.4) is 0 Å². The lowest BCUT2D eigenvalue weighted by Gasteiger charge is -2.15. The quantitative estimate of drug-likeness (QED) is 0.814. The molecule has 2 N–H and O–H groups in total. The average Bonchev–Trinajstić information content (AvgIpc) is 3.31. The molecule has 0 bridgehead atoms. The Bertz CT molecular complexity index is 732. The molecule has 1 aromatic carbocycles. The Morgan fingerprint density at radius 2 is 1.92 bits per heavy atom. The number of hydrogen-bond acceptors (Lipinski definition) is 3. The van der Waals surface area contributed by atoms with Crippen LogP contribution in [0.25, 0.3) is 0 Å². The van der Waals surface area contributed by atoms with E-state index in [1.54, 1.807) is 0 Å². The first kappa shape index (κ1) is 16.7. The van der Waals surface area contributed by atoms with E-state index in [1.165, 1.54) is 29.7 Å². The molecular formula is C19H22N2O2S. The molecule has 2 amide bonds. The molecule has 5 heteroatoms. The Morgan fingerprint density at radius 1 is 1.21 bits per heavy atom. The summed E-state index contributed by atoms with van der Waals surface area (Å²) < 4.78 is 0. The Labute approximate surface area is 146 Å². The van der Waals surface area contributed by atoms with Gasteiger partial charge in [-0.15, -0.1) is 11.3 Å². The number of thiophene rings is 1. The lowest BCUT2D eigenvalue weighted by atomic mass is 10.1. The van der Waals surface area contributed by atoms with Crippen molar-refractivity contribution in [2.24, 2.45) is 0 Å². The van der Waals surface area contributed by atoms with Gasteiger partial charge in [-0.1, -0.05) is 19.1 Å². The summed E-state index contributed by atoms with van der Waals surface area (Å²) in [6.45, 7) is 3.80. The molecule has 0 saturated heterocycles. The maximum absolute atomic E-state index is 12.5. The third-order valence-corrected chi connectivity index (χ3v) is 5.21. The molecule has 1 saturated carbocycles. The van der Waals surface area contributed by atoms with Gasteiger partial charge in [0.15, 0.2) is 0 Å². The summed E-state index contributed by atoms with van der Waals surface area (Å²) in [5.74, 6) is 0.575. The topological polar surface area (TPSA) is 58.2 Å². The van der Waals surface area contributed by atoms with Gasteiger partial charge in [0.05, 0.1) is 10.9 Å². The van der Waals surface area contributed by atoms with Gasteiger partial charge in [0, 0.05) is 12.1 Å². The number of nitrogens with one attached hydrogen (secondary N) is 2. The highest BCUT2D eigenvalue weighted by Gasteiger charge is 2.29. The summed E-state index contributed by atoms with van der Waals surface area (Å²) in [4.78, 5) is 24.8. The lowest BCUT2D eigenvalue weighted by molar-refractivity contribution is -0.115. The van der Waals surface area contributed by atoms with Crippen LogP contribution in [0.4, 0.5) is 5.69 Å². The highest BCUT2D eigenvalue weighted by Crippen LogP contribution is 2.43. The van der Waals surface area contributed by atoms with Gasteiger partial charge in [-0.25, -0.2) is 0 Å². The van der Waals surface area contributed by atoms with E-state index in [-0.39, 0.29) is 17.9 Å². The van der Waals surface area contributed by atoms with Crippen molar-refractivity contribution in [1.82, 2.24) is 5.32 Å². The molecule has 1 heterocycles. The van der Waals surface area contributed by atoms with E-state index < -0.39 is 0 Å². The molecule has 2 aromatic rings. The molecule has 3 rings (SSSR count). The molecule has 1 aliphatic rings. The molecule has 0 radical (unpaired) electrons. The zero-order chi connectivity index (χ0) is 17.1. The summed E-state index contributed by atoms with van der Waals surface area (Å²) in [6.07, 6.45) is 2.84. The molecule has 126 valence electrons. The number of rotatable bonds is 6. The highest BCUT2D eigenvalue weighted by molar-refractivity contribution is 7.12. The third kappa shape index (κ3) is 3.85. The second kappa shape index (κ2) is 7.18. The number of hydrogen-bond donors (Lipinski definition) is 2. The van der Waals surface area contributed by atoms with Gasteiger partial charge in [0.2, 0.25) is 5.91 Å². The molecule has 0 unspecified atom stereocenters. The normalized spacial score (nSPS) is 14.9. The first-order valence-electron chi connectivity index (χ1n) is 8.36. The van der Waals surface area contributed by atoms with Crippen molar-refractivity contribution in [3.8, 4) is 0 Å². The number of amides is 2. The van der Waals surface area contributed by atoms with Crippen LogP contribution >= 0.6 is 11.3 Å². The van der Waals surface area contributed by atoms with Gasteiger partial charge in [0.25, 0.3) is 5.91 Å². The van der Waals surface area contributed by atoms with Gasteiger partial charge in [0.1, 0.15) is 0 Å². The smallest absolute Gasteiger partial charge is 0.262 e.